The fourth-order valence-electron chi connectivity index (χ4n) is 1.44. The monoisotopic (exact) mass is 273 g/mol. The molecule has 1 heterocycles. The van der Waals surface area contributed by atoms with Crippen LogP contribution in [-0.4, -0.2) is 59.3 Å². The molecule has 0 radical (unpaired) electrons. The van der Waals surface area contributed by atoms with E-state index in [-0.39, 0.29) is 18.4 Å². The minimum Gasteiger partial charge on any atom is -0.396 e. The fourth-order valence-corrected chi connectivity index (χ4v) is 2.22. The van der Waals surface area contributed by atoms with E-state index in [1.54, 1.807) is 18.8 Å². The predicted octanol–water partition coefficient (Wildman–Crippen LogP) is -0.174. The van der Waals surface area contributed by atoms with Crippen molar-refractivity contribution in [1.82, 2.24) is 10.3 Å². The van der Waals surface area contributed by atoms with Crippen LogP contribution in [0, 0.1) is 0 Å². The molecular weight excluding hydrogens is 254 g/mol. The first-order valence-electron chi connectivity index (χ1n) is 5.96. The number of nitrogens with zero attached hydrogens (tertiary/aromatic N) is 2. The van der Waals surface area contributed by atoms with E-state index >= 15 is 0 Å². The molecule has 0 atom stereocenters. The van der Waals surface area contributed by atoms with E-state index in [9.17, 15) is 9.59 Å². The minimum absolute atomic E-state index is 0.0638. The zero-order chi connectivity index (χ0) is 13.4. The summed E-state index contributed by atoms with van der Waals surface area (Å²) in [6.07, 6.45) is 1.53. The Bertz CT molecular complexity index is 333. The van der Waals surface area contributed by atoms with Crippen molar-refractivity contribution in [1.29, 1.82) is 0 Å². The number of hydrazone groups is 1. The highest BCUT2D eigenvalue weighted by molar-refractivity contribution is 7.99. The number of thioether (sulfide) groups is 1. The van der Waals surface area contributed by atoms with Gasteiger partial charge in [-0.2, -0.15) is 16.9 Å². The van der Waals surface area contributed by atoms with Crippen LogP contribution >= 0.6 is 11.8 Å². The first-order chi connectivity index (χ1) is 8.65. The molecule has 0 saturated heterocycles. The summed E-state index contributed by atoms with van der Waals surface area (Å²) in [6.45, 7) is 0.780. The SMILES string of the molecule is CN1N=C(C(=O)NCCSCCCO)CCC1=O. The van der Waals surface area contributed by atoms with Gasteiger partial charge >= 0.3 is 0 Å². The van der Waals surface area contributed by atoms with Crippen LogP contribution in [0.25, 0.3) is 0 Å². The van der Waals surface area contributed by atoms with Crippen LogP contribution in [0.3, 0.4) is 0 Å². The highest BCUT2D eigenvalue weighted by Gasteiger charge is 2.21. The average molecular weight is 273 g/mol. The van der Waals surface area contributed by atoms with Crippen molar-refractivity contribution in [3.05, 3.63) is 0 Å². The van der Waals surface area contributed by atoms with Gasteiger partial charge in [-0.05, 0) is 12.2 Å². The third-order valence-corrected chi connectivity index (χ3v) is 3.52. The number of amides is 2. The first kappa shape index (κ1) is 15.0. The van der Waals surface area contributed by atoms with Crippen LogP contribution in [0.5, 0.6) is 0 Å². The lowest BCUT2D eigenvalue weighted by atomic mass is 10.1. The predicted molar refractivity (Wildman–Crippen MR) is 71.5 cm³/mol. The number of carbonyl (C=O) groups is 2. The van der Waals surface area contributed by atoms with Gasteiger partial charge in [-0.3, -0.25) is 9.59 Å². The molecule has 0 aromatic carbocycles. The summed E-state index contributed by atoms with van der Waals surface area (Å²) in [4.78, 5) is 22.9. The normalized spacial score (nSPS) is 15.6. The lowest BCUT2D eigenvalue weighted by molar-refractivity contribution is -0.130. The molecule has 18 heavy (non-hydrogen) atoms. The molecule has 0 saturated carbocycles. The van der Waals surface area contributed by atoms with E-state index in [2.05, 4.69) is 10.4 Å². The number of nitrogens with one attached hydrogen (secondary N) is 1. The Hall–Kier alpha value is -1.08. The molecule has 0 aromatic rings. The molecule has 6 nitrogen and oxygen atoms in total. The third kappa shape index (κ3) is 5.05. The third-order valence-electron chi connectivity index (χ3n) is 2.45. The molecule has 0 aliphatic carbocycles. The summed E-state index contributed by atoms with van der Waals surface area (Å²) in [6, 6.07) is 0. The van der Waals surface area contributed by atoms with Crippen LogP contribution in [0.15, 0.2) is 5.10 Å². The molecule has 7 heteroatoms. The van der Waals surface area contributed by atoms with Gasteiger partial charge in [-0.1, -0.05) is 0 Å². The topological polar surface area (TPSA) is 82.0 Å². The van der Waals surface area contributed by atoms with Crippen LogP contribution < -0.4 is 5.32 Å². The minimum atomic E-state index is -0.197. The lowest BCUT2D eigenvalue weighted by Crippen LogP contribution is -2.38. The van der Waals surface area contributed by atoms with Gasteiger partial charge < -0.3 is 10.4 Å². The Kier molecular flexibility index (Phi) is 6.74. The maximum absolute atomic E-state index is 11.7. The number of rotatable bonds is 7. The van der Waals surface area contributed by atoms with Crippen LogP contribution in [-0.2, 0) is 9.59 Å². The van der Waals surface area contributed by atoms with Crippen LogP contribution in [0.1, 0.15) is 19.3 Å². The Morgan fingerprint density at radius 2 is 2.28 bits per heavy atom. The van der Waals surface area contributed by atoms with Gasteiger partial charge in [-0.15, -0.1) is 0 Å². The van der Waals surface area contributed by atoms with E-state index in [1.807, 2.05) is 0 Å². The van der Waals surface area contributed by atoms with E-state index < -0.39 is 0 Å². The van der Waals surface area contributed by atoms with Gasteiger partial charge in [0.1, 0.15) is 5.71 Å². The van der Waals surface area contributed by atoms with Crippen molar-refractivity contribution in [2.45, 2.75) is 19.3 Å². The number of hydrogen-bond acceptors (Lipinski definition) is 5. The zero-order valence-corrected chi connectivity index (χ0v) is 11.3. The molecule has 0 unspecified atom stereocenters. The number of aliphatic hydroxyl groups excluding tert-OH is 1. The maximum atomic E-state index is 11.7. The molecule has 0 fully saturated rings. The summed E-state index contributed by atoms with van der Waals surface area (Å²) in [5.41, 5.74) is 0.414. The lowest BCUT2D eigenvalue weighted by Gasteiger charge is -2.18. The van der Waals surface area contributed by atoms with Crippen molar-refractivity contribution < 1.29 is 14.7 Å². The van der Waals surface area contributed by atoms with Crippen molar-refractivity contribution >= 4 is 29.3 Å². The van der Waals surface area contributed by atoms with E-state index in [0.717, 1.165) is 17.9 Å². The van der Waals surface area contributed by atoms with Gasteiger partial charge in [0, 0.05) is 38.8 Å². The smallest absolute Gasteiger partial charge is 0.267 e. The van der Waals surface area contributed by atoms with Gasteiger partial charge in [0.15, 0.2) is 0 Å². The van der Waals surface area contributed by atoms with E-state index in [0.29, 0.717) is 25.1 Å². The second kappa shape index (κ2) is 8.10. The summed E-state index contributed by atoms with van der Waals surface area (Å²) >= 11 is 1.69. The van der Waals surface area contributed by atoms with Crippen LogP contribution in [0.2, 0.25) is 0 Å². The van der Waals surface area contributed by atoms with Gasteiger partial charge in [0.25, 0.3) is 5.91 Å². The molecule has 0 spiro atoms. The molecule has 0 bridgehead atoms. The highest BCUT2D eigenvalue weighted by atomic mass is 32.2. The molecule has 1 aliphatic heterocycles. The van der Waals surface area contributed by atoms with Gasteiger partial charge in [0.2, 0.25) is 5.91 Å². The standard InChI is InChI=1S/C11H19N3O3S/c1-14-10(16)4-3-9(13-14)11(17)12-5-8-18-7-2-6-15/h15H,2-8H2,1H3,(H,12,17). The fraction of sp³-hybridized carbons (Fsp3) is 0.727. The molecule has 1 rings (SSSR count). The van der Waals surface area contributed by atoms with E-state index in [1.165, 1.54) is 5.01 Å². The Morgan fingerprint density at radius 3 is 2.94 bits per heavy atom. The Morgan fingerprint density at radius 1 is 1.50 bits per heavy atom. The Balaban J connectivity index is 2.21. The summed E-state index contributed by atoms with van der Waals surface area (Å²) in [5, 5.41) is 16.5. The van der Waals surface area contributed by atoms with Crippen molar-refractivity contribution in [3.8, 4) is 0 Å². The zero-order valence-electron chi connectivity index (χ0n) is 10.5. The molecule has 2 amide bonds. The van der Waals surface area contributed by atoms with Crippen molar-refractivity contribution in [2.24, 2.45) is 5.10 Å². The molecule has 2 N–H and O–H groups in total. The number of carbonyl (C=O) groups excluding carboxylic acids is 2. The molecule has 0 aromatic heterocycles. The van der Waals surface area contributed by atoms with Gasteiger partial charge in [-0.25, -0.2) is 5.01 Å². The first-order valence-corrected chi connectivity index (χ1v) is 7.11. The summed E-state index contributed by atoms with van der Waals surface area (Å²) < 4.78 is 0. The van der Waals surface area contributed by atoms with Crippen molar-refractivity contribution in [3.63, 3.8) is 0 Å². The second-order valence-electron chi connectivity index (χ2n) is 3.91. The van der Waals surface area contributed by atoms with E-state index in [4.69, 9.17) is 5.11 Å². The van der Waals surface area contributed by atoms with Crippen molar-refractivity contribution in [2.75, 3.05) is 31.7 Å². The quantitative estimate of drug-likeness (QED) is 0.631. The molecular formula is C11H19N3O3S. The largest absolute Gasteiger partial charge is 0.396 e. The molecule has 1 aliphatic rings. The van der Waals surface area contributed by atoms with Crippen LogP contribution in [0.4, 0.5) is 0 Å². The highest BCUT2D eigenvalue weighted by Crippen LogP contribution is 2.07. The van der Waals surface area contributed by atoms with Gasteiger partial charge in [0.05, 0.1) is 0 Å². The summed E-state index contributed by atoms with van der Waals surface area (Å²) in [5.74, 6) is 1.45. The second-order valence-corrected chi connectivity index (χ2v) is 5.13. The number of aliphatic hydroxyl groups is 1. The summed E-state index contributed by atoms with van der Waals surface area (Å²) in [7, 11) is 1.56. The Labute approximate surface area is 111 Å². The average Bonchev–Trinajstić information content (AvgIpc) is 2.36. The molecule has 102 valence electrons. The maximum Gasteiger partial charge on any atom is 0.267 e. The number of hydrogen-bond donors (Lipinski definition) is 2.